The summed E-state index contributed by atoms with van der Waals surface area (Å²) in [7, 11) is 0. The van der Waals surface area contributed by atoms with Crippen LogP contribution in [0.15, 0.2) is 18.2 Å². The Labute approximate surface area is 146 Å². The van der Waals surface area contributed by atoms with Crippen LogP contribution in [0, 0.1) is 27.2 Å². The monoisotopic (exact) mass is 419 g/mol. The first-order valence-corrected chi connectivity index (χ1v) is 9.10. The fraction of sp³-hybridized carbons (Fsp3) is 0.588. The zero-order chi connectivity index (χ0) is 15.6. The van der Waals surface area contributed by atoms with Crippen LogP contribution in [-0.4, -0.2) is 5.91 Å². The number of carbonyl (C=O) groups excluding carboxylic acids is 1. The normalized spacial score (nSPS) is 25.9. The Morgan fingerprint density at radius 1 is 1.38 bits per heavy atom. The smallest absolute Gasteiger partial charge is 0.227 e. The molecule has 21 heavy (non-hydrogen) atoms. The number of anilines is 1. The highest BCUT2D eigenvalue weighted by Gasteiger charge is 2.35. The van der Waals surface area contributed by atoms with Gasteiger partial charge in [0.15, 0.2) is 0 Å². The molecule has 2 nitrogen and oxygen atoms in total. The first-order valence-electron chi connectivity index (χ1n) is 7.64. The molecule has 1 aliphatic rings. The number of hydrogen-bond donors (Lipinski definition) is 1. The van der Waals surface area contributed by atoms with Crippen LogP contribution in [-0.2, 0) is 4.79 Å². The molecule has 2 rings (SSSR count). The van der Waals surface area contributed by atoms with Crippen molar-refractivity contribution in [1.29, 1.82) is 0 Å². The Morgan fingerprint density at radius 2 is 2.10 bits per heavy atom. The second-order valence-corrected chi connectivity index (χ2v) is 8.20. The molecular formula is C17H23ClINO. The number of rotatable bonds is 3. The molecule has 4 heteroatoms. The minimum Gasteiger partial charge on any atom is -0.325 e. The van der Waals surface area contributed by atoms with Crippen molar-refractivity contribution in [3.63, 3.8) is 0 Å². The quantitative estimate of drug-likeness (QED) is 0.636. The lowest BCUT2D eigenvalue weighted by Crippen LogP contribution is -2.36. The molecule has 0 radical (unpaired) electrons. The Kier molecular flexibility index (Phi) is 5.95. The van der Waals surface area contributed by atoms with Gasteiger partial charge in [-0.1, -0.05) is 38.8 Å². The summed E-state index contributed by atoms with van der Waals surface area (Å²) in [5, 5.41) is 3.65. The molecule has 0 heterocycles. The van der Waals surface area contributed by atoms with Gasteiger partial charge in [0.25, 0.3) is 0 Å². The van der Waals surface area contributed by atoms with Crippen LogP contribution in [0.25, 0.3) is 0 Å². The SMILES string of the molecule is CC(C)C1CC[C@@H](C)C[C@H]1C(=O)Nc1ccc(I)cc1Cl. The third kappa shape index (κ3) is 4.35. The molecule has 0 spiro atoms. The van der Waals surface area contributed by atoms with Gasteiger partial charge in [0, 0.05) is 9.49 Å². The van der Waals surface area contributed by atoms with Gasteiger partial charge in [0.2, 0.25) is 5.91 Å². The van der Waals surface area contributed by atoms with Gasteiger partial charge in [-0.05, 0) is 71.4 Å². The number of nitrogens with one attached hydrogen (secondary N) is 1. The van der Waals surface area contributed by atoms with Gasteiger partial charge >= 0.3 is 0 Å². The van der Waals surface area contributed by atoms with Gasteiger partial charge in [-0.3, -0.25) is 4.79 Å². The van der Waals surface area contributed by atoms with Gasteiger partial charge < -0.3 is 5.32 Å². The van der Waals surface area contributed by atoms with Gasteiger partial charge in [0.1, 0.15) is 0 Å². The third-order valence-corrected chi connectivity index (χ3v) is 5.53. The van der Waals surface area contributed by atoms with Crippen molar-refractivity contribution in [1.82, 2.24) is 0 Å². The topological polar surface area (TPSA) is 29.1 Å². The molecule has 1 fully saturated rings. The Morgan fingerprint density at radius 3 is 2.71 bits per heavy atom. The van der Waals surface area contributed by atoms with Crippen molar-refractivity contribution in [2.75, 3.05) is 5.32 Å². The highest BCUT2D eigenvalue weighted by atomic mass is 127. The molecular weight excluding hydrogens is 397 g/mol. The summed E-state index contributed by atoms with van der Waals surface area (Å²) < 4.78 is 1.07. The molecule has 1 amide bonds. The van der Waals surface area contributed by atoms with Crippen LogP contribution in [0.1, 0.15) is 40.0 Å². The second kappa shape index (κ2) is 7.32. The van der Waals surface area contributed by atoms with Crippen LogP contribution in [0.2, 0.25) is 5.02 Å². The highest BCUT2D eigenvalue weighted by Crippen LogP contribution is 2.39. The van der Waals surface area contributed by atoms with Crippen LogP contribution < -0.4 is 5.32 Å². The molecule has 1 saturated carbocycles. The third-order valence-electron chi connectivity index (χ3n) is 4.55. The lowest BCUT2D eigenvalue weighted by atomic mass is 9.70. The van der Waals surface area contributed by atoms with Crippen LogP contribution >= 0.6 is 34.2 Å². The van der Waals surface area contributed by atoms with Gasteiger partial charge in [-0.25, -0.2) is 0 Å². The Bertz CT molecular complexity index is 518. The number of hydrogen-bond acceptors (Lipinski definition) is 1. The maximum absolute atomic E-state index is 12.7. The standard InChI is InChI=1S/C17H23ClINO/c1-10(2)13-6-4-11(3)8-14(13)17(21)20-16-7-5-12(19)9-15(16)18/h5,7,9-11,13-14H,4,6,8H2,1-3H3,(H,20,21)/t11-,13?,14-/m1/s1. The summed E-state index contributed by atoms with van der Waals surface area (Å²) in [6.07, 6.45) is 3.37. The number of halogens is 2. The maximum atomic E-state index is 12.7. The number of carbonyl (C=O) groups is 1. The minimum absolute atomic E-state index is 0.101. The zero-order valence-corrected chi connectivity index (χ0v) is 15.7. The lowest BCUT2D eigenvalue weighted by Gasteiger charge is -2.36. The van der Waals surface area contributed by atoms with Crippen LogP contribution in [0.3, 0.4) is 0 Å². The van der Waals surface area contributed by atoms with E-state index in [0.717, 1.165) is 22.1 Å². The molecule has 1 aliphatic carbocycles. The Balaban J connectivity index is 2.13. The van der Waals surface area contributed by atoms with E-state index in [-0.39, 0.29) is 11.8 Å². The van der Waals surface area contributed by atoms with Crippen LogP contribution in [0.5, 0.6) is 0 Å². The average molecular weight is 420 g/mol. The molecule has 0 saturated heterocycles. The Hall–Kier alpha value is -0.290. The summed E-state index contributed by atoms with van der Waals surface area (Å²) in [5.41, 5.74) is 0.725. The first kappa shape index (κ1) is 17.1. The summed E-state index contributed by atoms with van der Waals surface area (Å²) >= 11 is 8.44. The van der Waals surface area contributed by atoms with E-state index in [0.29, 0.717) is 22.8 Å². The molecule has 0 aliphatic heterocycles. The van der Waals surface area contributed by atoms with Gasteiger partial charge in [-0.2, -0.15) is 0 Å². The average Bonchev–Trinajstić information content (AvgIpc) is 2.41. The molecule has 116 valence electrons. The largest absolute Gasteiger partial charge is 0.325 e. The molecule has 3 atom stereocenters. The summed E-state index contributed by atoms with van der Waals surface area (Å²) in [6, 6.07) is 5.73. The molecule has 1 unspecified atom stereocenters. The molecule has 0 bridgehead atoms. The summed E-state index contributed by atoms with van der Waals surface area (Å²) in [4.78, 5) is 12.7. The molecule has 1 aromatic carbocycles. The van der Waals surface area contributed by atoms with E-state index in [1.807, 2.05) is 18.2 Å². The number of benzene rings is 1. The zero-order valence-electron chi connectivity index (χ0n) is 12.8. The minimum atomic E-state index is 0.101. The number of amides is 1. The van der Waals surface area contributed by atoms with Crippen molar-refractivity contribution in [2.45, 2.75) is 40.0 Å². The van der Waals surface area contributed by atoms with Crippen molar-refractivity contribution in [3.8, 4) is 0 Å². The lowest BCUT2D eigenvalue weighted by molar-refractivity contribution is -0.123. The molecule has 1 N–H and O–H groups in total. The fourth-order valence-corrected chi connectivity index (χ4v) is 4.22. The van der Waals surface area contributed by atoms with Gasteiger partial charge in [0.05, 0.1) is 10.7 Å². The second-order valence-electron chi connectivity index (χ2n) is 6.55. The fourth-order valence-electron chi connectivity index (χ4n) is 3.32. The highest BCUT2D eigenvalue weighted by molar-refractivity contribution is 14.1. The van der Waals surface area contributed by atoms with E-state index in [1.165, 1.54) is 6.42 Å². The van der Waals surface area contributed by atoms with E-state index in [2.05, 4.69) is 48.7 Å². The van der Waals surface area contributed by atoms with Crippen molar-refractivity contribution in [3.05, 3.63) is 26.8 Å². The van der Waals surface area contributed by atoms with Crippen molar-refractivity contribution in [2.24, 2.45) is 23.7 Å². The summed E-state index contributed by atoms with van der Waals surface area (Å²) in [5.74, 6) is 1.87. The van der Waals surface area contributed by atoms with Crippen molar-refractivity contribution >= 4 is 45.8 Å². The maximum Gasteiger partial charge on any atom is 0.227 e. The van der Waals surface area contributed by atoms with E-state index >= 15 is 0 Å². The van der Waals surface area contributed by atoms with Crippen LogP contribution in [0.4, 0.5) is 5.69 Å². The van der Waals surface area contributed by atoms with E-state index in [4.69, 9.17) is 11.6 Å². The van der Waals surface area contributed by atoms with Crippen molar-refractivity contribution < 1.29 is 4.79 Å². The molecule has 1 aromatic rings. The predicted octanol–water partition coefficient (Wildman–Crippen LogP) is 5.59. The van der Waals surface area contributed by atoms with E-state index in [1.54, 1.807) is 0 Å². The van der Waals surface area contributed by atoms with E-state index < -0.39 is 0 Å². The van der Waals surface area contributed by atoms with Gasteiger partial charge in [-0.15, -0.1) is 0 Å². The van der Waals surface area contributed by atoms with E-state index in [9.17, 15) is 4.79 Å². The first-order chi connectivity index (χ1) is 9.88. The predicted molar refractivity (Wildman–Crippen MR) is 97.6 cm³/mol. The molecule has 0 aromatic heterocycles. The summed E-state index contributed by atoms with van der Waals surface area (Å²) in [6.45, 7) is 6.69.